The normalized spacial score (nSPS) is 12.5. The van der Waals surface area contributed by atoms with Gasteiger partial charge in [0, 0.05) is 12.1 Å². The van der Waals surface area contributed by atoms with E-state index in [4.69, 9.17) is 0 Å². The van der Waals surface area contributed by atoms with Gasteiger partial charge in [0.05, 0.1) is 4.92 Å². The second-order valence-electron chi connectivity index (χ2n) is 4.92. The predicted octanol–water partition coefficient (Wildman–Crippen LogP) is 2.66. The number of hydrogen-bond acceptors (Lipinski definition) is 4. The summed E-state index contributed by atoms with van der Waals surface area (Å²) in [6.45, 7) is 4.84. The molecule has 18 heavy (non-hydrogen) atoms. The third-order valence-corrected chi connectivity index (χ3v) is 2.76. The third-order valence-electron chi connectivity index (χ3n) is 2.76. The molecule has 0 amide bonds. The van der Waals surface area contributed by atoms with Crippen LogP contribution in [0.15, 0.2) is 18.2 Å². The Kier molecular flexibility index (Phi) is 5.09. The fourth-order valence-corrected chi connectivity index (χ4v) is 1.70. The summed E-state index contributed by atoms with van der Waals surface area (Å²) in [6, 6.07) is 5.46. The molecule has 0 saturated heterocycles. The van der Waals surface area contributed by atoms with Gasteiger partial charge in [0.2, 0.25) is 0 Å². The lowest BCUT2D eigenvalue weighted by Gasteiger charge is -2.17. The molecule has 5 nitrogen and oxygen atoms in total. The van der Waals surface area contributed by atoms with E-state index in [0.717, 1.165) is 18.5 Å². The van der Waals surface area contributed by atoms with Gasteiger partial charge in [-0.05, 0) is 52.5 Å². The van der Waals surface area contributed by atoms with Crippen molar-refractivity contribution in [1.82, 2.24) is 4.90 Å². The van der Waals surface area contributed by atoms with Crippen LogP contribution >= 0.6 is 0 Å². The number of nitrogens with one attached hydrogen (secondary N) is 1. The Morgan fingerprint density at radius 2 is 2.11 bits per heavy atom. The number of anilines is 1. The van der Waals surface area contributed by atoms with E-state index in [1.807, 2.05) is 34.0 Å². The van der Waals surface area contributed by atoms with Crippen molar-refractivity contribution in [3.05, 3.63) is 33.9 Å². The summed E-state index contributed by atoms with van der Waals surface area (Å²) < 4.78 is 0. The minimum absolute atomic E-state index is 0.145. The van der Waals surface area contributed by atoms with Crippen LogP contribution in [0.2, 0.25) is 0 Å². The molecule has 1 atom stereocenters. The Labute approximate surface area is 108 Å². The molecule has 0 aliphatic heterocycles. The van der Waals surface area contributed by atoms with Gasteiger partial charge in [-0.2, -0.15) is 0 Å². The van der Waals surface area contributed by atoms with E-state index in [0.29, 0.717) is 5.69 Å². The van der Waals surface area contributed by atoms with Crippen LogP contribution in [0.25, 0.3) is 0 Å². The molecular formula is C13H21N3O2. The molecule has 0 bridgehead atoms. The lowest BCUT2D eigenvalue weighted by atomic mass is 10.1. The van der Waals surface area contributed by atoms with Crippen LogP contribution in [0.4, 0.5) is 11.4 Å². The first-order chi connectivity index (χ1) is 8.40. The molecule has 0 heterocycles. The van der Waals surface area contributed by atoms with Gasteiger partial charge in [-0.25, -0.2) is 0 Å². The lowest BCUT2D eigenvalue weighted by molar-refractivity contribution is -0.384. The Morgan fingerprint density at radius 3 is 2.67 bits per heavy atom. The van der Waals surface area contributed by atoms with Gasteiger partial charge in [0.25, 0.3) is 5.69 Å². The van der Waals surface area contributed by atoms with E-state index in [1.54, 1.807) is 12.1 Å². The minimum atomic E-state index is -0.339. The van der Waals surface area contributed by atoms with Gasteiger partial charge >= 0.3 is 0 Å². The number of benzene rings is 1. The van der Waals surface area contributed by atoms with Crippen molar-refractivity contribution in [1.29, 1.82) is 0 Å². The molecule has 0 saturated carbocycles. The largest absolute Gasteiger partial charge is 0.377 e. The molecule has 0 aromatic heterocycles. The van der Waals surface area contributed by atoms with E-state index >= 15 is 0 Å². The van der Waals surface area contributed by atoms with E-state index in [2.05, 4.69) is 10.2 Å². The average molecular weight is 251 g/mol. The fraction of sp³-hybridized carbons (Fsp3) is 0.538. The molecule has 100 valence electrons. The Bertz CT molecular complexity index is 419. The summed E-state index contributed by atoms with van der Waals surface area (Å²) in [5.41, 5.74) is 1.64. The van der Waals surface area contributed by atoms with Crippen LogP contribution in [-0.4, -0.2) is 36.5 Å². The molecule has 1 rings (SSSR count). The highest BCUT2D eigenvalue weighted by molar-refractivity contribution is 5.62. The maximum Gasteiger partial charge on any atom is 0.292 e. The molecule has 1 aromatic carbocycles. The van der Waals surface area contributed by atoms with Crippen LogP contribution < -0.4 is 5.32 Å². The molecule has 1 unspecified atom stereocenters. The Morgan fingerprint density at radius 1 is 1.44 bits per heavy atom. The highest BCUT2D eigenvalue weighted by Crippen LogP contribution is 2.26. The standard InChI is InChI=1S/C13H21N3O2/c1-10-5-6-12(13(9-10)16(17)18)14-11(2)7-8-15(3)4/h5-6,9,11,14H,7-8H2,1-4H3. The maximum absolute atomic E-state index is 11.0. The van der Waals surface area contributed by atoms with E-state index < -0.39 is 0 Å². The highest BCUT2D eigenvalue weighted by atomic mass is 16.6. The van der Waals surface area contributed by atoms with Crippen molar-refractivity contribution >= 4 is 11.4 Å². The van der Waals surface area contributed by atoms with Crippen molar-refractivity contribution < 1.29 is 4.92 Å². The maximum atomic E-state index is 11.0. The molecule has 0 aliphatic carbocycles. The molecule has 5 heteroatoms. The van der Waals surface area contributed by atoms with Crippen molar-refractivity contribution in [2.24, 2.45) is 0 Å². The van der Waals surface area contributed by atoms with E-state index in [1.165, 1.54) is 0 Å². The Balaban J connectivity index is 2.74. The SMILES string of the molecule is Cc1ccc(NC(C)CCN(C)C)c([N+](=O)[O-])c1. The molecule has 1 N–H and O–H groups in total. The molecule has 0 fully saturated rings. The van der Waals surface area contributed by atoms with Gasteiger partial charge in [0.15, 0.2) is 0 Å². The monoisotopic (exact) mass is 251 g/mol. The lowest BCUT2D eigenvalue weighted by Crippen LogP contribution is -2.23. The van der Waals surface area contributed by atoms with Gasteiger partial charge < -0.3 is 10.2 Å². The average Bonchev–Trinajstić information content (AvgIpc) is 2.28. The van der Waals surface area contributed by atoms with Gasteiger partial charge in [-0.1, -0.05) is 6.07 Å². The summed E-state index contributed by atoms with van der Waals surface area (Å²) in [4.78, 5) is 12.7. The zero-order valence-electron chi connectivity index (χ0n) is 11.4. The van der Waals surface area contributed by atoms with Crippen molar-refractivity contribution in [3.63, 3.8) is 0 Å². The van der Waals surface area contributed by atoms with Crippen LogP contribution in [0, 0.1) is 17.0 Å². The highest BCUT2D eigenvalue weighted by Gasteiger charge is 2.15. The molecular weight excluding hydrogens is 230 g/mol. The summed E-state index contributed by atoms with van der Waals surface area (Å²) in [5, 5.41) is 14.2. The predicted molar refractivity (Wildman–Crippen MR) is 74.1 cm³/mol. The first kappa shape index (κ1) is 14.4. The zero-order chi connectivity index (χ0) is 13.7. The summed E-state index contributed by atoms with van der Waals surface area (Å²) >= 11 is 0. The Hall–Kier alpha value is -1.62. The molecule has 0 radical (unpaired) electrons. The van der Waals surface area contributed by atoms with Gasteiger partial charge in [-0.15, -0.1) is 0 Å². The van der Waals surface area contributed by atoms with Gasteiger partial charge in [-0.3, -0.25) is 10.1 Å². The van der Waals surface area contributed by atoms with Crippen LogP contribution in [0.5, 0.6) is 0 Å². The van der Waals surface area contributed by atoms with Crippen LogP contribution in [0.1, 0.15) is 18.9 Å². The van der Waals surface area contributed by atoms with Crippen molar-refractivity contribution in [3.8, 4) is 0 Å². The van der Waals surface area contributed by atoms with Crippen LogP contribution in [-0.2, 0) is 0 Å². The topological polar surface area (TPSA) is 58.4 Å². The summed E-state index contributed by atoms with van der Waals surface area (Å²) in [6.07, 6.45) is 0.942. The number of rotatable bonds is 6. The quantitative estimate of drug-likeness (QED) is 0.623. The fourth-order valence-electron chi connectivity index (χ4n) is 1.70. The second-order valence-corrected chi connectivity index (χ2v) is 4.92. The van der Waals surface area contributed by atoms with E-state index in [9.17, 15) is 10.1 Å². The number of nitro benzene ring substituents is 1. The first-order valence-corrected chi connectivity index (χ1v) is 6.06. The summed E-state index contributed by atoms with van der Waals surface area (Å²) in [5.74, 6) is 0. The molecule has 0 aliphatic rings. The van der Waals surface area contributed by atoms with Gasteiger partial charge in [0.1, 0.15) is 5.69 Å². The zero-order valence-corrected chi connectivity index (χ0v) is 11.4. The van der Waals surface area contributed by atoms with E-state index in [-0.39, 0.29) is 16.7 Å². The number of aryl methyl sites for hydroxylation is 1. The second kappa shape index (κ2) is 6.35. The van der Waals surface area contributed by atoms with Crippen LogP contribution in [0.3, 0.4) is 0 Å². The third kappa shape index (κ3) is 4.33. The van der Waals surface area contributed by atoms with Crippen molar-refractivity contribution in [2.45, 2.75) is 26.3 Å². The number of nitrogens with zero attached hydrogens (tertiary/aromatic N) is 2. The smallest absolute Gasteiger partial charge is 0.292 e. The molecule has 1 aromatic rings. The summed E-state index contributed by atoms with van der Waals surface area (Å²) in [7, 11) is 4.03. The number of nitro groups is 1. The van der Waals surface area contributed by atoms with Crippen molar-refractivity contribution in [2.75, 3.05) is 26.0 Å². The first-order valence-electron chi connectivity index (χ1n) is 6.06. The number of hydrogen-bond donors (Lipinski definition) is 1. The minimum Gasteiger partial charge on any atom is -0.377 e. The molecule has 0 spiro atoms.